The molecule has 2 aromatic heterocycles. The molecule has 0 saturated heterocycles. The molecule has 1 spiro atoms. The first-order chi connectivity index (χ1) is 30.7. The molecule has 64 heavy (non-hydrogen) atoms. The van der Waals surface area contributed by atoms with Gasteiger partial charge in [0, 0.05) is 44.0 Å². The number of hydrogen-bond acceptors (Lipinski definition) is 0. The van der Waals surface area contributed by atoms with E-state index in [-0.39, 0.29) is 6.71 Å². The van der Waals surface area contributed by atoms with E-state index in [0.29, 0.717) is 35.5 Å². The van der Waals surface area contributed by atoms with Gasteiger partial charge < -0.3 is 9.13 Å². The maximum Gasteiger partial charge on any atom is 0.252 e. The Balaban J connectivity index is 1.29. The molecule has 316 valence electrons. The monoisotopic (exact) mass is 846 g/mol. The van der Waals surface area contributed by atoms with Crippen LogP contribution in [0.15, 0.2) is 103 Å². The zero-order valence-electron chi connectivity index (χ0n) is 39.8. The van der Waals surface area contributed by atoms with E-state index < -0.39 is 8.07 Å². The lowest BCUT2D eigenvalue weighted by Gasteiger charge is -2.43. The fraction of sp³-hybridized carbons (Fsp3) is 0.300. The van der Waals surface area contributed by atoms with Crippen molar-refractivity contribution in [3.05, 3.63) is 137 Å². The Morgan fingerprint density at radius 1 is 0.406 bits per heavy atom. The first kappa shape index (κ1) is 38.8. The van der Waals surface area contributed by atoms with Gasteiger partial charge in [-0.05, 0) is 141 Å². The van der Waals surface area contributed by atoms with Crippen molar-refractivity contribution in [3.63, 3.8) is 0 Å². The highest BCUT2D eigenvalue weighted by atomic mass is 28.3. The average Bonchev–Trinajstić information content (AvgIpc) is 3.90. The predicted octanol–water partition coefficient (Wildman–Crippen LogP) is 11.4. The van der Waals surface area contributed by atoms with Crippen LogP contribution in [0, 0.1) is 0 Å². The smallest absolute Gasteiger partial charge is 0.252 e. The van der Waals surface area contributed by atoms with Crippen molar-refractivity contribution in [3.8, 4) is 22.5 Å². The predicted molar refractivity (Wildman–Crippen MR) is 280 cm³/mol. The van der Waals surface area contributed by atoms with Crippen LogP contribution in [0.1, 0.15) is 152 Å². The topological polar surface area (TPSA) is 9.86 Å². The third-order valence-electron chi connectivity index (χ3n) is 16.5. The number of nitrogens with zero attached hydrogens (tertiary/aromatic N) is 2. The molecule has 4 aliphatic rings. The quantitative estimate of drug-likeness (QED) is 0.148. The van der Waals surface area contributed by atoms with E-state index in [4.69, 9.17) is 0 Å². The highest BCUT2D eigenvalue weighted by Gasteiger charge is 2.56. The molecule has 0 unspecified atom stereocenters. The Hall–Kier alpha value is -5.58. The molecule has 7 aromatic carbocycles. The summed E-state index contributed by atoms with van der Waals surface area (Å²) in [6.45, 7) is 28.6. The average molecular weight is 847 g/mol. The number of benzene rings is 7. The van der Waals surface area contributed by atoms with Gasteiger partial charge in [-0.2, -0.15) is 0 Å². The number of fused-ring (bicyclic) bond motifs is 14. The summed E-state index contributed by atoms with van der Waals surface area (Å²) in [5, 5.41) is 12.0. The van der Waals surface area contributed by atoms with Crippen LogP contribution in [0.3, 0.4) is 0 Å². The van der Waals surface area contributed by atoms with Gasteiger partial charge in [0.15, 0.2) is 8.07 Å². The number of aromatic nitrogens is 2. The van der Waals surface area contributed by atoms with Gasteiger partial charge in [0.1, 0.15) is 0 Å². The Labute approximate surface area is 380 Å². The summed E-state index contributed by atoms with van der Waals surface area (Å²) >= 11 is 0. The van der Waals surface area contributed by atoms with E-state index in [0.717, 1.165) is 0 Å². The summed E-state index contributed by atoms with van der Waals surface area (Å²) < 4.78 is 5.55. The lowest BCUT2D eigenvalue weighted by atomic mass is 9.34. The zero-order valence-corrected chi connectivity index (χ0v) is 40.8. The third-order valence-corrected chi connectivity index (χ3v) is 21.4. The molecule has 0 aliphatic carbocycles. The molecule has 0 atom stereocenters. The van der Waals surface area contributed by atoms with Crippen LogP contribution < -0.4 is 37.1 Å². The summed E-state index contributed by atoms with van der Waals surface area (Å²) in [4.78, 5) is 0. The van der Waals surface area contributed by atoms with Crippen molar-refractivity contribution < 1.29 is 0 Å². The Morgan fingerprint density at radius 3 is 1.58 bits per heavy atom. The minimum absolute atomic E-state index is 0.109. The first-order valence-electron chi connectivity index (χ1n) is 24.5. The molecule has 0 radical (unpaired) electrons. The van der Waals surface area contributed by atoms with Gasteiger partial charge in [-0.3, -0.25) is 0 Å². The normalized spacial score (nSPS) is 14.9. The van der Waals surface area contributed by atoms with Gasteiger partial charge in [0.25, 0.3) is 6.71 Å². The van der Waals surface area contributed by atoms with Crippen molar-refractivity contribution >= 4 is 95.5 Å². The fourth-order valence-corrected chi connectivity index (χ4v) is 18.7. The zero-order chi connectivity index (χ0) is 44.2. The van der Waals surface area contributed by atoms with Crippen molar-refractivity contribution in [2.24, 2.45) is 0 Å². The van der Waals surface area contributed by atoms with Gasteiger partial charge in [-0.1, -0.05) is 162 Å². The summed E-state index contributed by atoms with van der Waals surface area (Å²) in [6, 6.07) is 43.6. The maximum atomic E-state index is 2.82. The van der Waals surface area contributed by atoms with Crippen LogP contribution in [0.4, 0.5) is 0 Å². The molecular weight excluding hydrogens is 788 g/mol. The summed E-state index contributed by atoms with van der Waals surface area (Å²) in [5.74, 6) is 2.54. The van der Waals surface area contributed by atoms with Crippen LogP contribution in [0.5, 0.6) is 0 Å². The van der Waals surface area contributed by atoms with E-state index >= 15 is 0 Å². The van der Waals surface area contributed by atoms with Crippen LogP contribution >= 0.6 is 0 Å². The Kier molecular flexibility index (Phi) is 7.78. The van der Waals surface area contributed by atoms with Crippen molar-refractivity contribution in [1.82, 2.24) is 9.13 Å². The second-order valence-corrected chi connectivity index (χ2v) is 25.7. The molecule has 0 bridgehead atoms. The highest BCUT2D eigenvalue weighted by Crippen LogP contribution is 2.45. The minimum Gasteiger partial charge on any atom is -0.310 e. The van der Waals surface area contributed by atoms with Crippen molar-refractivity contribution in [2.45, 2.75) is 119 Å². The van der Waals surface area contributed by atoms with Gasteiger partial charge >= 0.3 is 0 Å². The molecule has 4 heteroatoms. The van der Waals surface area contributed by atoms with Gasteiger partial charge in [0.05, 0.1) is 11.0 Å². The minimum atomic E-state index is -2.94. The highest BCUT2D eigenvalue weighted by molar-refractivity contribution is 7.24. The standard InChI is InChI=1S/C60H59BN2Si/c1-30(2)36-14-20-51-43(23-36)44-24-37(31(3)4)15-21-52(44)64(51)53-22-19-49-56-60(53)63-57-45(46-26-40(34(9)10)29-54(64)58(46)63)25-39(33(7)8)27-48(57)61(56)47-18-17-41(35(11)12)55-42-16-13-38(32(5)6)28-50(42)62(49)59(47)55/h13-35H,1-12H3. The van der Waals surface area contributed by atoms with E-state index in [1.54, 1.807) is 20.7 Å². The van der Waals surface area contributed by atoms with Crippen LogP contribution in [0.25, 0.3) is 66.1 Å². The fourth-order valence-electron chi connectivity index (χ4n) is 13.2. The van der Waals surface area contributed by atoms with Gasteiger partial charge in [-0.25, -0.2) is 0 Å². The second-order valence-electron chi connectivity index (χ2n) is 22.0. The van der Waals surface area contributed by atoms with E-state index in [9.17, 15) is 0 Å². The summed E-state index contributed by atoms with van der Waals surface area (Å²) in [7, 11) is -2.94. The molecule has 13 rings (SSSR count). The van der Waals surface area contributed by atoms with E-state index in [2.05, 4.69) is 195 Å². The lowest BCUT2D eigenvalue weighted by Crippen LogP contribution is -2.77. The molecule has 6 heterocycles. The Bertz CT molecular complexity index is 3530. The lowest BCUT2D eigenvalue weighted by molar-refractivity contribution is 0.866. The molecule has 0 fully saturated rings. The third kappa shape index (κ3) is 4.54. The summed E-state index contributed by atoms with van der Waals surface area (Å²) in [6.07, 6.45) is 0. The first-order valence-corrected chi connectivity index (χ1v) is 26.5. The molecule has 0 amide bonds. The van der Waals surface area contributed by atoms with Crippen LogP contribution in [-0.2, 0) is 0 Å². The largest absolute Gasteiger partial charge is 0.310 e. The number of rotatable bonds is 6. The molecule has 0 saturated carbocycles. The Morgan fingerprint density at radius 2 is 0.969 bits per heavy atom. The molecular formula is C60H59BN2Si. The van der Waals surface area contributed by atoms with Gasteiger partial charge in [0.2, 0.25) is 0 Å². The molecule has 2 nitrogen and oxygen atoms in total. The summed E-state index contributed by atoms with van der Waals surface area (Å²) in [5.41, 5.74) is 24.4. The van der Waals surface area contributed by atoms with Gasteiger partial charge in [-0.15, -0.1) is 0 Å². The van der Waals surface area contributed by atoms with Crippen LogP contribution in [0.2, 0.25) is 0 Å². The molecule has 0 N–H and O–H groups in total. The molecule has 9 aromatic rings. The van der Waals surface area contributed by atoms with Crippen LogP contribution in [-0.4, -0.2) is 23.9 Å². The van der Waals surface area contributed by atoms with E-state index in [1.807, 2.05) is 0 Å². The SMILES string of the molecule is CC(C)c1ccc2c(c1)-c1cc(C(C)C)ccc1[Si]21c2ccc3c4c2-n2c5c(cc(C(C)C)cc5c5cc(C(C)C)cc1c52)B4c1ccc(C(C)C)c2c4ccc(C(C)C)cc4n-3c12. The molecule has 4 aliphatic heterocycles. The van der Waals surface area contributed by atoms with Crippen molar-refractivity contribution in [2.75, 3.05) is 0 Å². The van der Waals surface area contributed by atoms with Crippen molar-refractivity contribution in [1.29, 1.82) is 0 Å². The maximum absolute atomic E-state index is 2.94. The second kappa shape index (κ2) is 12.8. The van der Waals surface area contributed by atoms with E-state index in [1.165, 1.54) is 116 Å². The number of hydrogen-bond donors (Lipinski definition) is 0.